The van der Waals surface area contributed by atoms with Gasteiger partial charge >= 0.3 is 0 Å². The highest BCUT2D eigenvalue weighted by molar-refractivity contribution is 5.93. The quantitative estimate of drug-likeness (QED) is 0.752. The summed E-state index contributed by atoms with van der Waals surface area (Å²) < 4.78 is 0. The number of β-lactam (4-membered cyclic amide) rings is 1. The van der Waals surface area contributed by atoms with E-state index in [0.29, 0.717) is 0 Å². The zero-order valence-corrected chi connectivity index (χ0v) is 9.28. The first-order valence-corrected chi connectivity index (χ1v) is 5.89. The molecule has 0 radical (unpaired) electrons. The number of nitrogens with zero attached hydrogens (tertiary/aromatic N) is 1. The monoisotopic (exact) mass is 216 g/mol. The van der Waals surface area contributed by atoms with E-state index in [-0.39, 0.29) is 11.4 Å². The molecular formula is C13H16N2O. The van der Waals surface area contributed by atoms with Crippen molar-refractivity contribution in [2.45, 2.75) is 24.9 Å². The summed E-state index contributed by atoms with van der Waals surface area (Å²) in [5.41, 5.74) is 1.03. The molecule has 1 amide bonds. The fraction of sp³-hybridized carbons (Fsp3) is 0.462. The van der Waals surface area contributed by atoms with Crippen LogP contribution in [0.3, 0.4) is 0 Å². The maximum atomic E-state index is 12.1. The Labute approximate surface area is 95.4 Å². The topological polar surface area (TPSA) is 32.3 Å². The number of rotatable bonds is 2. The third kappa shape index (κ3) is 1.43. The Balaban J connectivity index is 1.66. The van der Waals surface area contributed by atoms with Gasteiger partial charge in [0.15, 0.2) is 0 Å². The summed E-state index contributed by atoms with van der Waals surface area (Å²) in [6.45, 7) is 2.62. The molecule has 0 bridgehead atoms. The van der Waals surface area contributed by atoms with Crippen LogP contribution in [0.1, 0.15) is 18.4 Å². The molecule has 2 aliphatic heterocycles. The molecule has 1 aromatic rings. The van der Waals surface area contributed by atoms with Crippen molar-refractivity contribution in [1.29, 1.82) is 0 Å². The summed E-state index contributed by atoms with van der Waals surface area (Å²) in [5, 5.41) is 3.34. The van der Waals surface area contributed by atoms with Crippen LogP contribution in [0, 0.1) is 0 Å². The second kappa shape index (κ2) is 3.59. The maximum Gasteiger partial charge on any atom is 0.245 e. The highest BCUT2D eigenvalue weighted by Crippen LogP contribution is 2.32. The number of nitrogens with one attached hydrogen (secondary N) is 1. The van der Waals surface area contributed by atoms with Gasteiger partial charge in [-0.1, -0.05) is 30.3 Å². The van der Waals surface area contributed by atoms with E-state index in [0.717, 1.165) is 32.5 Å². The first kappa shape index (κ1) is 9.85. The number of hydrogen-bond donors (Lipinski definition) is 1. The van der Waals surface area contributed by atoms with E-state index < -0.39 is 0 Å². The van der Waals surface area contributed by atoms with Crippen molar-refractivity contribution in [2.75, 3.05) is 13.1 Å². The first-order valence-electron chi connectivity index (χ1n) is 5.89. The SMILES string of the molecule is O=C1N(Cc2ccccc2)C[C@@]12CCCN2. The Bertz CT molecular complexity index is 396. The van der Waals surface area contributed by atoms with E-state index in [9.17, 15) is 4.79 Å². The molecule has 1 aromatic carbocycles. The van der Waals surface area contributed by atoms with Crippen LogP contribution >= 0.6 is 0 Å². The summed E-state index contributed by atoms with van der Waals surface area (Å²) >= 11 is 0. The Kier molecular flexibility index (Phi) is 2.21. The fourth-order valence-corrected chi connectivity index (χ4v) is 2.73. The molecule has 3 nitrogen and oxygen atoms in total. The largest absolute Gasteiger partial charge is 0.334 e. The van der Waals surface area contributed by atoms with Crippen molar-refractivity contribution in [3.8, 4) is 0 Å². The van der Waals surface area contributed by atoms with Crippen molar-refractivity contribution < 1.29 is 4.79 Å². The van der Waals surface area contributed by atoms with Gasteiger partial charge in [0.1, 0.15) is 5.54 Å². The van der Waals surface area contributed by atoms with Crippen LogP contribution in [0.15, 0.2) is 30.3 Å². The fourth-order valence-electron chi connectivity index (χ4n) is 2.73. The van der Waals surface area contributed by atoms with Crippen molar-refractivity contribution in [2.24, 2.45) is 0 Å². The van der Waals surface area contributed by atoms with E-state index in [1.54, 1.807) is 0 Å². The minimum Gasteiger partial charge on any atom is -0.334 e. The van der Waals surface area contributed by atoms with Gasteiger partial charge in [-0.25, -0.2) is 0 Å². The smallest absolute Gasteiger partial charge is 0.245 e. The molecule has 0 saturated carbocycles. The molecule has 2 saturated heterocycles. The highest BCUT2D eigenvalue weighted by atomic mass is 16.2. The number of hydrogen-bond acceptors (Lipinski definition) is 2. The molecule has 1 spiro atoms. The van der Waals surface area contributed by atoms with Crippen molar-refractivity contribution >= 4 is 5.91 Å². The lowest BCUT2D eigenvalue weighted by atomic mass is 9.86. The van der Waals surface area contributed by atoms with Crippen LogP contribution < -0.4 is 5.32 Å². The first-order chi connectivity index (χ1) is 7.80. The summed E-state index contributed by atoms with van der Waals surface area (Å²) in [4.78, 5) is 14.0. The predicted octanol–water partition coefficient (Wildman–Crippen LogP) is 1.15. The van der Waals surface area contributed by atoms with Gasteiger partial charge in [-0.05, 0) is 24.9 Å². The minimum atomic E-state index is -0.186. The number of amides is 1. The van der Waals surface area contributed by atoms with Gasteiger partial charge in [-0.2, -0.15) is 0 Å². The third-order valence-corrected chi connectivity index (χ3v) is 3.62. The van der Waals surface area contributed by atoms with Gasteiger partial charge in [0, 0.05) is 13.1 Å². The lowest BCUT2D eigenvalue weighted by Gasteiger charge is -2.46. The minimum absolute atomic E-state index is 0.186. The van der Waals surface area contributed by atoms with E-state index in [1.807, 2.05) is 23.1 Å². The van der Waals surface area contributed by atoms with Crippen LogP contribution in [0.4, 0.5) is 0 Å². The zero-order valence-electron chi connectivity index (χ0n) is 9.28. The summed E-state index contributed by atoms with van der Waals surface area (Å²) in [6, 6.07) is 10.2. The summed E-state index contributed by atoms with van der Waals surface area (Å²) in [5.74, 6) is 0.286. The number of carbonyl (C=O) groups is 1. The lowest BCUT2D eigenvalue weighted by molar-refractivity contribution is -0.153. The Hall–Kier alpha value is -1.35. The summed E-state index contributed by atoms with van der Waals surface area (Å²) in [6.07, 6.45) is 2.14. The average Bonchev–Trinajstić information content (AvgIpc) is 2.81. The van der Waals surface area contributed by atoms with Gasteiger partial charge in [-0.15, -0.1) is 0 Å². The maximum absolute atomic E-state index is 12.1. The normalized spacial score (nSPS) is 28.5. The highest BCUT2D eigenvalue weighted by Gasteiger charge is 2.52. The molecular weight excluding hydrogens is 200 g/mol. The van der Waals surface area contributed by atoms with Crippen molar-refractivity contribution in [1.82, 2.24) is 10.2 Å². The molecule has 84 valence electrons. The Morgan fingerprint density at radius 2 is 2.12 bits per heavy atom. The third-order valence-electron chi connectivity index (χ3n) is 3.62. The van der Waals surface area contributed by atoms with E-state index in [4.69, 9.17) is 0 Å². The standard InChI is InChI=1S/C13H16N2O/c16-12-13(7-4-8-14-13)10-15(12)9-11-5-2-1-3-6-11/h1-3,5-6,14H,4,7-10H2/t13-/m0/s1. The van der Waals surface area contributed by atoms with Crippen molar-refractivity contribution in [3.63, 3.8) is 0 Å². The molecule has 3 rings (SSSR count). The molecule has 1 atom stereocenters. The Morgan fingerprint density at radius 1 is 1.31 bits per heavy atom. The van der Waals surface area contributed by atoms with Gasteiger partial charge < -0.3 is 10.2 Å². The number of benzene rings is 1. The van der Waals surface area contributed by atoms with Crippen LogP contribution in [0.25, 0.3) is 0 Å². The van der Waals surface area contributed by atoms with Crippen molar-refractivity contribution in [3.05, 3.63) is 35.9 Å². The molecule has 3 heteroatoms. The molecule has 2 aliphatic rings. The van der Waals surface area contributed by atoms with E-state index in [2.05, 4.69) is 17.4 Å². The van der Waals surface area contributed by atoms with Gasteiger partial charge in [0.2, 0.25) is 5.91 Å². The molecule has 0 aromatic heterocycles. The molecule has 0 unspecified atom stereocenters. The molecule has 2 heterocycles. The Morgan fingerprint density at radius 3 is 2.75 bits per heavy atom. The average molecular weight is 216 g/mol. The van der Waals surface area contributed by atoms with Crippen LogP contribution in [0.5, 0.6) is 0 Å². The molecule has 16 heavy (non-hydrogen) atoms. The zero-order chi connectivity index (χ0) is 11.0. The second-order valence-electron chi connectivity index (χ2n) is 4.76. The van der Waals surface area contributed by atoms with Crippen LogP contribution in [0.2, 0.25) is 0 Å². The van der Waals surface area contributed by atoms with Gasteiger partial charge in [-0.3, -0.25) is 4.79 Å². The number of likely N-dealkylation sites (tertiary alicyclic amines) is 1. The molecule has 0 aliphatic carbocycles. The van der Waals surface area contributed by atoms with Crippen LogP contribution in [-0.2, 0) is 11.3 Å². The van der Waals surface area contributed by atoms with E-state index in [1.165, 1.54) is 5.56 Å². The molecule has 1 N–H and O–H groups in total. The number of carbonyl (C=O) groups excluding carboxylic acids is 1. The second-order valence-corrected chi connectivity index (χ2v) is 4.76. The van der Waals surface area contributed by atoms with Gasteiger partial charge in [0.05, 0.1) is 0 Å². The lowest BCUT2D eigenvalue weighted by Crippen LogP contribution is -2.70. The van der Waals surface area contributed by atoms with Crippen LogP contribution in [-0.4, -0.2) is 29.4 Å². The van der Waals surface area contributed by atoms with Gasteiger partial charge in [0.25, 0.3) is 0 Å². The van der Waals surface area contributed by atoms with E-state index >= 15 is 0 Å². The summed E-state index contributed by atoms with van der Waals surface area (Å²) in [7, 11) is 0. The predicted molar refractivity (Wildman–Crippen MR) is 61.8 cm³/mol. The molecule has 2 fully saturated rings.